The minimum absolute atomic E-state index is 0.0565. The van der Waals surface area contributed by atoms with Crippen LogP contribution in [0.15, 0.2) is 18.2 Å². The topological polar surface area (TPSA) is 83.7 Å². The van der Waals surface area contributed by atoms with Crippen LogP contribution in [0.5, 0.6) is 0 Å². The van der Waals surface area contributed by atoms with Crippen LogP contribution in [0.3, 0.4) is 0 Å². The molecule has 0 aliphatic heterocycles. The SMILES string of the molecule is CC(C)N(CC(F)(F)F)c1ccc(C(=O)O)c([N+](=O)[O-])c1. The fourth-order valence-electron chi connectivity index (χ4n) is 1.80. The Balaban J connectivity index is 3.31. The van der Waals surface area contributed by atoms with Gasteiger partial charge in [0, 0.05) is 17.8 Å². The molecule has 0 heterocycles. The number of halogens is 3. The lowest BCUT2D eigenvalue weighted by molar-refractivity contribution is -0.385. The van der Waals surface area contributed by atoms with Crippen molar-refractivity contribution in [3.8, 4) is 0 Å². The van der Waals surface area contributed by atoms with E-state index in [1.807, 2.05) is 0 Å². The molecule has 0 aromatic heterocycles. The van der Waals surface area contributed by atoms with Crippen LogP contribution in [0, 0.1) is 10.1 Å². The van der Waals surface area contributed by atoms with Gasteiger partial charge in [-0.1, -0.05) is 0 Å². The highest BCUT2D eigenvalue weighted by atomic mass is 19.4. The third kappa shape index (κ3) is 4.33. The van der Waals surface area contributed by atoms with Crippen molar-refractivity contribution in [2.75, 3.05) is 11.4 Å². The third-order valence-corrected chi connectivity index (χ3v) is 2.71. The zero-order chi connectivity index (χ0) is 16.4. The predicted molar refractivity (Wildman–Crippen MR) is 68.6 cm³/mol. The molecule has 0 aliphatic rings. The van der Waals surface area contributed by atoms with E-state index >= 15 is 0 Å². The molecule has 0 amide bonds. The van der Waals surface area contributed by atoms with Crippen LogP contribution in [-0.4, -0.2) is 34.8 Å². The van der Waals surface area contributed by atoms with Crippen LogP contribution in [0.1, 0.15) is 24.2 Å². The van der Waals surface area contributed by atoms with Crippen molar-refractivity contribution in [2.45, 2.75) is 26.1 Å². The maximum Gasteiger partial charge on any atom is 0.405 e. The van der Waals surface area contributed by atoms with Crippen LogP contribution in [0.2, 0.25) is 0 Å². The van der Waals surface area contributed by atoms with Crippen molar-refractivity contribution in [1.29, 1.82) is 0 Å². The summed E-state index contributed by atoms with van der Waals surface area (Å²) in [6.45, 7) is 1.72. The highest BCUT2D eigenvalue weighted by molar-refractivity contribution is 5.93. The van der Waals surface area contributed by atoms with E-state index in [0.29, 0.717) is 0 Å². The Hall–Kier alpha value is -2.32. The Labute approximate surface area is 117 Å². The molecule has 1 rings (SSSR count). The molecule has 6 nitrogen and oxygen atoms in total. The molecule has 0 unspecified atom stereocenters. The van der Waals surface area contributed by atoms with E-state index in [4.69, 9.17) is 5.11 Å². The molecule has 1 N–H and O–H groups in total. The number of benzene rings is 1. The van der Waals surface area contributed by atoms with Gasteiger partial charge in [-0.25, -0.2) is 4.79 Å². The van der Waals surface area contributed by atoms with Gasteiger partial charge in [0.05, 0.1) is 4.92 Å². The number of nitro groups is 1. The lowest BCUT2D eigenvalue weighted by Gasteiger charge is -2.29. The van der Waals surface area contributed by atoms with E-state index in [1.54, 1.807) is 0 Å². The van der Waals surface area contributed by atoms with Crippen LogP contribution in [-0.2, 0) is 0 Å². The molecule has 0 saturated heterocycles. The van der Waals surface area contributed by atoms with Crippen LogP contribution >= 0.6 is 0 Å². The van der Waals surface area contributed by atoms with Crippen molar-refractivity contribution < 1.29 is 28.0 Å². The van der Waals surface area contributed by atoms with Gasteiger partial charge < -0.3 is 10.0 Å². The normalized spacial score (nSPS) is 11.5. The summed E-state index contributed by atoms with van der Waals surface area (Å²) in [4.78, 5) is 21.7. The molecule has 116 valence electrons. The largest absolute Gasteiger partial charge is 0.477 e. The minimum atomic E-state index is -4.48. The van der Waals surface area contributed by atoms with Crippen LogP contribution in [0.25, 0.3) is 0 Å². The molecule has 0 radical (unpaired) electrons. The number of rotatable bonds is 5. The average Bonchev–Trinajstić information content (AvgIpc) is 2.33. The summed E-state index contributed by atoms with van der Waals surface area (Å²) in [6.07, 6.45) is -4.48. The Morgan fingerprint density at radius 1 is 1.43 bits per heavy atom. The lowest BCUT2D eigenvalue weighted by atomic mass is 10.1. The van der Waals surface area contributed by atoms with Crippen LogP contribution < -0.4 is 4.90 Å². The molecule has 0 bridgehead atoms. The van der Waals surface area contributed by atoms with Gasteiger partial charge in [0.1, 0.15) is 12.1 Å². The van der Waals surface area contributed by atoms with Crippen molar-refractivity contribution in [3.05, 3.63) is 33.9 Å². The molecule has 0 spiro atoms. The standard InChI is InChI=1S/C12H13F3N2O4/c1-7(2)16(6-12(13,14)15)8-3-4-9(11(18)19)10(5-8)17(20)21/h3-5,7H,6H2,1-2H3,(H,18,19). The minimum Gasteiger partial charge on any atom is -0.477 e. The van der Waals surface area contributed by atoms with Crippen molar-refractivity contribution in [1.82, 2.24) is 0 Å². The van der Waals surface area contributed by atoms with Gasteiger partial charge in [-0.3, -0.25) is 10.1 Å². The number of anilines is 1. The quantitative estimate of drug-likeness (QED) is 0.667. The number of hydrogen-bond acceptors (Lipinski definition) is 4. The number of carboxylic acids is 1. The molecule has 21 heavy (non-hydrogen) atoms. The Morgan fingerprint density at radius 3 is 2.38 bits per heavy atom. The lowest BCUT2D eigenvalue weighted by Crippen LogP contribution is -2.39. The van der Waals surface area contributed by atoms with Crippen LogP contribution in [0.4, 0.5) is 24.5 Å². The predicted octanol–water partition coefficient (Wildman–Crippen LogP) is 3.07. The van der Waals surface area contributed by atoms with Gasteiger partial charge in [-0.15, -0.1) is 0 Å². The van der Waals surface area contributed by atoms with Gasteiger partial charge in [0.2, 0.25) is 0 Å². The zero-order valence-corrected chi connectivity index (χ0v) is 11.2. The second kappa shape index (κ2) is 5.98. The first kappa shape index (κ1) is 16.7. The molecule has 0 saturated carbocycles. The Bertz CT molecular complexity index is 558. The first-order chi connectivity index (χ1) is 9.53. The Morgan fingerprint density at radius 2 is 2.00 bits per heavy atom. The molecule has 1 aromatic carbocycles. The second-order valence-electron chi connectivity index (χ2n) is 4.60. The summed E-state index contributed by atoms with van der Waals surface area (Å²) in [7, 11) is 0. The second-order valence-corrected chi connectivity index (χ2v) is 4.60. The third-order valence-electron chi connectivity index (χ3n) is 2.71. The maximum absolute atomic E-state index is 12.5. The van der Waals surface area contributed by atoms with Crippen molar-refractivity contribution in [3.63, 3.8) is 0 Å². The smallest absolute Gasteiger partial charge is 0.405 e. The summed E-state index contributed by atoms with van der Waals surface area (Å²) in [5.41, 5.74) is -1.37. The van der Waals surface area contributed by atoms with E-state index in [0.717, 1.165) is 23.1 Å². The highest BCUT2D eigenvalue weighted by Gasteiger charge is 2.33. The van der Waals surface area contributed by atoms with E-state index in [9.17, 15) is 28.1 Å². The summed E-state index contributed by atoms with van der Waals surface area (Å²) >= 11 is 0. The summed E-state index contributed by atoms with van der Waals surface area (Å²) in [6, 6.07) is 2.33. The number of nitro benzene ring substituents is 1. The summed E-state index contributed by atoms with van der Waals surface area (Å²) < 4.78 is 37.6. The molecular formula is C12H13F3N2O4. The van der Waals surface area contributed by atoms with Crippen molar-refractivity contribution in [2.24, 2.45) is 0 Å². The van der Waals surface area contributed by atoms with Crippen molar-refractivity contribution >= 4 is 17.3 Å². The van der Waals surface area contributed by atoms with Gasteiger partial charge in [-0.05, 0) is 26.0 Å². The first-order valence-electron chi connectivity index (χ1n) is 5.88. The molecule has 0 aliphatic carbocycles. The number of carboxylic acid groups (broad SMARTS) is 1. The van der Waals surface area contributed by atoms with Gasteiger partial charge in [-0.2, -0.15) is 13.2 Å². The zero-order valence-electron chi connectivity index (χ0n) is 11.2. The number of carbonyl (C=O) groups is 1. The molecular weight excluding hydrogens is 293 g/mol. The molecule has 0 atom stereocenters. The summed E-state index contributed by atoms with van der Waals surface area (Å²) in [5.74, 6) is -1.51. The average molecular weight is 306 g/mol. The molecule has 0 fully saturated rings. The first-order valence-corrected chi connectivity index (χ1v) is 5.88. The van der Waals surface area contributed by atoms with E-state index in [1.165, 1.54) is 13.8 Å². The van der Waals surface area contributed by atoms with Gasteiger partial charge >= 0.3 is 12.1 Å². The fourth-order valence-corrected chi connectivity index (χ4v) is 1.80. The van der Waals surface area contributed by atoms with E-state index < -0.39 is 40.9 Å². The highest BCUT2D eigenvalue weighted by Crippen LogP contribution is 2.29. The monoisotopic (exact) mass is 306 g/mol. The van der Waals surface area contributed by atoms with E-state index in [2.05, 4.69) is 0 Å². The van der Waals surface area contributed by atoms with E-state index in [-0.39, 0.29) is 5.69 Å². The number of hydrogen-bond donors (Lipinski definition) is 1. The number of nitrogens with zero attached hydrogens (tertiary/aromatic N) is 2. The molecule has 9 heteroatoms. The summed E-state index contributed by atoms with van der Waals surface area (Å²) in [5, 5.41) is 19.7. The Kier molecular flexibility index (Phi) is 4.77. The number of aromatic carboxylic acids is 1. The van der Waals surface area contributed by atoms with Gasteiger partial charge in [0.25, 0.3) is 5.69 Å². The maximum atomic E-state index is 12.5. The fraction of sp³-hybridized carbons (Fsp3) is 0.417. The molecule has 1 aromatic rings. The number of alkyl halides is 3. The van der Waals surface area contributed by atoms with Gasteiger partial charge in [0.15, 0.2) is 0 Å².